The Labute approximate surface area is 197 Å². The third kappa shape index (κ3) is 9.05. The number of aliphatic hydroxyl groups is 1. The molecule has 1 aliphatic carbocycles. The molecule has 2 unspecified atom stereocenters. The summed E-state index contributed by atoms with van der Waals surface area (Å²) in [5, 5.41) is 7.00. The molecule has 1 amide bonds. The van der Waals surface area contributed by atoms with Gasteiger partial charge in [-0.3, -0.25) is 4.79 Å². The van der Waals surface area contributed by atoms with E-state index in [2.05, 4.69) is 31.6 Å². The fraction of sp³-hybridized carbons (Fsp3) is 0.607. The molecule has 1 N–H and O–H groups in total. The molecule has 3 rings (SSSR count). The number of halogens is 1. The SMILES string of the molecule is C#CC1CCN(C(=O)C(C)C)C1Cc1cccc(C#CC2CC2)c1F.CC.CCC.CO.[HH]. The van der Waals surface area contributed by atoms with Crippen molar-refractivity contribution in [3.05, 3.63) is 35.1 Å². The van der Waals surface area contributed by atoms with Crippen LogP contribution in [0, 0.1) is 47.8 Å². The van der Waals surface area contributed by atoms with E-state index in [0.717, 1.165) is 26.4 Å². The van der Waals surface area contributed by atoms with Gasteiger partial charge in [-0.2, -0.15) is 0 Å². The van der Waals surface area contributed by atoms with Crippen LogP contribution in [0.25, 0.3) is 0 Å². The van der Waals surface area contributed by atoms with Crippen molar-refractivity contribution >= 4 is 5.91 Å². The quantitative estimate of drug-likeness (QED) is 0.586. The highest BCUT2D eigenvalue weighted by Gasteiger charge is 2.37. The van der Waals surface area contributed by atoms with Crippen molar-refractivity contribution in [3.8, 4) is 24.2 Å². The molecule has 2 fully saturated rings. The molecule has 1 aromatic rings. The summed E-state index contributed by atoms with van der Waals surface area (Å²) >= 11 is 0. The Morgan fingerprint density at radius 1 is 1.25 bits per heavy atom. The maximum Gasteiger partial charge on any atom is 0.225 e. The zero-order valence-corrected chi connectivity index (χ0v) is 21.0. The minimum atomic E-state index is -0.268. The van der Waals surface area contributed by atoms with Gasteiger partial charge >= 0.3 is 0 Å². The van der Waals surface area contributed by atoms with E-state index in [1.54, 1.807) is 12.1 Å². The molecule has 0 radical (unpaired) electrons. The molecule has 0 bridgehead atoms. The number of benzene rings is 1. The number of hydrogen-bond donors (Lipinski definition) is 1. The Hall–Kier alpha value is -2.30. The summed E-state index contributed by atoms with van der Waals surface area (Å²) in [5.41, 5.74) is 1.04. The van der Waals surface area contributed by atoms with E-state index in [4.69, 9.17) is 11.5 Å². The lowest BCUT2D eigenvalue weighted by Gasteiger charge is -2.28. The Balaban J connectivity index is 0. The zero-order valence-electron chi connectivity index (χ0n) is 21.0. The van der Waals surface area contributed by atoms with E-state index < -0.39 is 0 Å². The van der Waals surface area contributed by atoms with Crippen LogP contribution >= 0.6 is 0 Å². The molecule has 32 heavy (non-hydrogen) atoms. The van der Waals surface area contributed by atoms with Crippen molar-refractivity contribution in [1.82, 2.24) is 4.90 Å². The van der Waals surface area contributed by atoms with E-state index in [1.165, 1.54) is 6.42 Å². The molecule has 1 saturated carbocycles. The summed E-state index contributed by atoms with van der Waals surface area (Å²) in [6.45, 7) is 12.7. The summed E-state index contributed by atoms with van der Waals surface area (Å²) < 4.78 is 14.9. The van der Waals surface area contributed by atoms with Crippen molar-refractivity contribution < 1.29 is 15.7 Å². The first-order chi connectivity index (χ1) is 15.4. The van der Waals surface area contributed by atoms with Crippen LogP contribution in [0.15, 0.2) is 18.2 Å². The van der Waals surface area contributed by atoms with E-state index in [9.17, 15) is 9.18 Å². The first-order valence-corrected chi connectivity index (χ1v) is 11.9. The highest BCUT2D eigenvalue weighted by atomic mass is 19.1. The molecule has 1 aromatic carbocycles. The van der Waals surface area contributed by atoms with Gasteiger partial charge in [-0.05, 0) is 37.3 Å². The zero-order chi connectivity index (χ0) is 24.7. The standard InChI is InChI=1S/C22H24FNO.C3H8.C2H6.CH4O.H2/c1-4-17-12-13-24(22(25)15(2)3)20(17)14-19-7-5-6-18(21(19)23)11-10-16-8-9-16;1-3-2;2*1-2;/h1,5-7,15-17,20H,8-9,12-14H2,2-3H3;3H2,1-2H3;1-2H3;2H,1H3;1H. The fourth-order valence-corrected chi connectivity index (χ4v) is 3.37. The lowest BCUT2D eigenvalue weighted by atomic mass is 9.93. The van der Waals surface area contributed by atoms with Crippen LogP contribution < -0.4 is 0 Å². The Kier molecular flexibility index (Phi) is 15.2. The number of hydrogen-bond acceptors (Lipinski definition) is 2. The van der Waals surface area contributed by atoms with E-state index >= 15 is 0 Å². The fourth-order valence-electron chi connectivity index (χ4n) is 3.37. The smallest absolute Gasteiger partial charge is 0.225 e. The summed E-state index contributed by atoms with van der Waals surface area (Å²) in [6, 6.07) is 5.20. The predicted molar refractivity (Wildman–Crippen MR) is 135 cm³/mol. The third-order valence-corrected chi connectivity index (χ3v) is 5.03. The first kappa shape index (κ1) is 29.7. The number of likely N-dealkylation sites (tertiary alicyclic amines) is 1. The van der Waals surface area contributed by atoms with Crippen molar-refractivity contribution in [2.75, 3.05) is 13.7 Å². The number of rotatable bonds is 3. The Morgan fingerprint density at radius 3 is 2.34 bits per heavy atom. The maximum atomic E-state index is 14.9. The minimum Gasteiger partial charge on any atom is -0.400 e. The van der Waals surface area contributed by atoms with Gasteiger partial charge in [0.2, 0.25) is 5.91 Å². The second-order valence-corrected chi connectivity index (χ2v) is 8.05. The van der Waals surface area contributed by atoms with Crippen LogP contribution in [0.3, 0.4) is 0 Å². The van der Waals surface area contributed by atoms with Crippen molar-refractivity contribution in [2.24, 2.45) is 17.8 Å². The lowest BCUT2D eigenvalue weighted by Crippen LogP contribution is -2.41. The van der Waals surface area contributed by atoms with Crippen LogP contribution in [0.4, 0.5) is 4.39 Å². The van der Waals surface area contributed by atoms with E-state index in [-0.39, 0.29) is 31.0 Å². The lowest BCUT2D eigenvalue weighted by molar-refractivity contribution is -0.135. The number of carbonyl (C=O) groups is 1. The van der Waals surface area contributed by atoms with Gasteiger partial charge in [0.15, 0.2) is 0 Å². The highest BCUT2D eigenvalue weighted by Crippen LogP contribution is 2.30. The molecule has 2 atom stereocenters. The normalized spacial score (nSPS) is 18.5. The van der Waals surface area contributed by atoms with Crippen LogP contribution in [0.1, 0.15) is 79.8 Å². The molecular formula is C28H44FNO2. The van der Waals surface area contributed by atoms with Gasteiger partial charge in [-0.15, -0.1) is 12.3 Å². The van der Waals surface area contributed by atoms with Crippen LogP contribution in [0.2, 0.25) is 0 Å². The number of aliphatic hydroxyl groups excluding tert-OH is 1. The van der Waals surface area contributed by atoms with E-state index in [1.807, 2.05) is 38.7 Å². The molecule has 4 heteroatoms. The second-order valence-electron chi connectivity index (χ2n) is 8.05. The van der Waals surface area contributed by atoms with Crippen molar-refractivity contribution in [3.63, 3.8) is 0 Å². The van der Waals surface area contributed by atoms with Crippen LogP contribution in [-0.2, 0) is 11.2 Å². The van der Waals surface area contributed by atoms with Gasteiger partial charge in [0.25, 0.3) is 0 Å². The van der Waals surface area contributed by atoms with E-state index in [0.29, 0.717) is 30.0 Å². The number of terminal acetylenes is 1. The average molecular weight is 446 g/mol. The summed E-state index contributed by atoms with van der Waals surface area (Å²) in [6.07, 6.45) is 10.4. The molecule has 3 nitrogen and oxygen atoms in total. The second kappa shape index (κ2) is 16.3. The highest BCUT2D eigenvalue weighted by molar-refractivity contribution is 5.79. The molecule has 1 saturated heterocycles. The molecule has 180 valence electrons. The minimum absolute atomic E-state index is 0. The largest absolute Gasteiger partial charge is 0.400 e. The maximum absolute atomic E-state index is 14.9. The third-order valence-electron chi connectivity index (χ3n) is 5.03. The molecule has 0 spiro atoms. The molecular weight excluding hydrogens is 401 g/mol. The monoisotopic (exact) mass is 445 g/mol. The number of amides is 1. The van der Waals surface area contributed by atoms with Gasteiger partial charge in [-0.25, -0.2) is 4.39 Å². The van der Waals surface area contributed by atoms with Gasteiger partial charge in [0.05, 0.1) is 5.56 Å². The van der Waals surface area contributed by atoms with Crippen LogP contribution in [-0.4, -0.2) is 35.6 Å². The number of nitrogens with zero attached hydrogens (tertiary/aromatic N) is 1. The van der Waals surface area contributed by atoms with Crippen molar-refractivity contribution in [2.45, 2.75) is 79.7 Å². The Morgan fingerprint density at radius 2 is 1.84 bits per heavy atom. The summed E-state index contributed by atoms with van der Waals surface area (Å²) in [5.74, 6) is 9.02. The molecule has 1 heterocycles. The first-order valence-electron chi connectivity index (χ1n) is 11.9. The average Bonchev–Trinajstić information content (AvgIpc) is 3.55. The van der Waals surface area contributed by atoms with Gasteiger partial charge in [-0.1, -0.05) is 71.9 Å². The van der Waals surface area contributed by atoms with Gasteiger partial charge in [0.1, 0.15) is 5.82 Å². The van der Waals surface area contributed by atoms with Crippen LogP contribution in [0.5, 0.6) is 0 Å². The number of carbonyl (C=O) groups excluding carboxylic acids is 1. The predicted octanol–water partition coefficient (Wildman–Crippen LogP) is 5.93. The van der Waals surface area contributed by atoms with Crippen molar-refractivity contribution in [1.29, 1.82) is 0 Å². The molecule has 1 aliphatic heterocycles. The Bertz CT molecular complexity index is 787. The summed E-state index contributed by atoms with van der Waals surface area (Å²) in [4.78, 5) is 14.3. The van der Waals surface area contributed by atoms with Gasteiger partial charge < -0.3 is 10.0 Å². The summed E-state index contributed by atoms with van der Waals surface area (Å²) in [7, 11) is 1.00. The topological polar surface area (TPSA) is 40.5 Å². The van der Waals surface area contributed by atoms with Gasteiger partial charge in [0, 0.05) is 38.9 Å². The molecule has 0 aromatic heterocycles. The molecule has 2 aliphatic rings.